The van der Waals surface area contributed by atoms with Gasteiger partial charge in [-0.1, -0.05) is 18.2 Å². The second-order valence-electron chi connectivity index (χ2n) is 3.12. The van der Waals surface area contributed by atoms with Gasteiger partial charge in [-0.25, -0.2) is 0 Å². The van der Waals surface area contributed by atoms with Crippen molar-refractivity contribution in [2.45, 2.75) is 12.1 Å². The van der Waals surface area contributed by atoms with Gasteiger partial charge in [0.2, 0.25) is 5.91 Å². The van der Waals surface area contributed by atoms with Crippen LogP contribution in [0, 0.1) is 6.92 Å². The molecular formula is C10H13N2O2. The number of benzene rings is 1. The van der Waals surface area contributed by atoms with Gasteiger partial charge in [-0.3, -0.25) is 10.5 Å². The van der Waals surface area contributed by atoms with Gasteiger partial charge in [0.1, 0.15) is 5.75 Å². The van der Waals surface area contributed by atoms with Crippen molar-refractivity contribution in [2.24, 2.45) is 11.5 Å². The van der Waals surface area contributed by atoms with Crippen LogP contribution in [0.3, 0.4) is 0 Å². The fourth-order valence-electron chi connectivity index (χ4n) is 1.05. The van der Waals surface area contributed by atoms with E-state index < -0.39 is 11.6 Å². The monoisotopic (exact) mass is 193 g/mol. The molecule has 1 radical (unpaired) electrons. The Balaban J connectivity index is 2.63. The molecular weight excluding hydrogens is 180 g/mol. The molecule has 0 aliphatic rings. The van der Waals surface area contributed by atoms with E-state index in [-0.39, 0.29) is 6.42 Å². The number of rotatable bonds is 4. The van der Waals surface area contributed by atoms with Crippen molar-refractivity contribution in [3.8, 4) is 5.75 Å². The van der Waals surface area contributed by atoms with E-state index in [9.17, 15) is 4.79 Å². The van der Waals surface area contributed by atoms with Gasteiger partial charge in [-0.05, 0) is 12.1 Å². The van der Waals surface area contributed by atoms with Crippen LogP contribution in [0.15, 0.2) is 30.3 Å². The summed E-state index contributed by atoms with van der Waals surface area (Å²) in [6.45, 7) is 3.56. The van der Waals surface area contributed by atoms with E-state index in [1.165, 1.54) is 0 Å². The van der Waals surface area contributed by atoms with Crippen molar-refractivity contribution in [1.82, 2.24) is 0 Å². The first kappa shape index (κ1) is 10.5. The minimum atomic E-state index is -1.30. The van der Waals surface area contributed by atoms with E-state index in [0.717, 1.165) is 0 Å². The first-order valence-corrected chi connectivity index (χ1v) is 4.16. The molecule has 0 saturated carbocycles. The Hall–Kier alpha value is -1.55. The third-order valence-corrected chi connectivity index (χ3v) is 1.54. The number of carbonyl (C=O) groups excluding carboxylic acids is 1. The van der Waals surface area contributed by atoms with Gasteiger partial charge in [0.25, 0.3) is 0 Å². The Bertz CT molecular complexity index is 309. The van der Waals surface area contributed by atoms with E-state index in [1.807, 2.05) is 6.07 Å². The summed E-state index contributed by atoms with van der Waals surface area (Å²) in [5.41, 5.74) is 9.31. The maximum Gasteiger partial charge on any atom is 0.222 e. The summed E-state index contributed by atoms with van der Waals surface area (Å²) in [5.74, 6) is 0.0182. The predicted octanol–water partition coefficient (Wildman–Crippen LogP) is 0.430. The molecule has 1 atom stereocenters. The number of nitrogens with two attached hydrogens (primary N) is 2. The lowest BCUT2D eigenvalue weighted by Gasteiger charge is -2.24. The highest BCUT2D eigenvalue weighted by molar-refractivity contribution is 5.75. The maximum absolute atomic E-state index is 10.6. The lowest BCUT2D eigenvalue weighted by molar-refractivity contribution is -0.120. The summed E-state index contributed by atoms with van der Waals surface area (Å²) in [5, 5.41) is 0. The zero-order valence-corrected chi connectivity index (χ0v) is 7.77. The molecule has 1 unspecified atom stereocenters. The lowest BCUT2D eigenvalue weighted by Crippen LogP contribution is -2.46. The molecule has 0 saturated heterocycles. The molecule has 1 aromatic rings. The minimum absolute atomic E-state index is 0.123. The van der Waals surface area contributed by atoms with Gasteiger partial charge in [0.05, 0.1) is 6.42 Å². The molecule has 0 fully saturated rings. The normalized spacial score (nSPS) is 14.4. The predicted molar refractivity (Wildman–Crippen MR) is 53.2 cm³/mol. The topological polar surface area (TPSA) is 78.3 Å². The van der Waals surface area contributed by atoms with Crippen LogP contribution in [-0.2, 0) is 4.79 Å². The number of primary amides is 1. The van der Waals surface area contributed by atoms with Crippen molar-refractivity contribution in [2.75, 3.05) is 0 Å². The molecule has 0 aliphatic carbocycles. The molecule has 0 aliphatic heterocycles. The number of hydrogen-bond donors (Lipinski definition) is 2. The Morgan fingerprint density at radius 3 is 2.50 bits per heavy atom. The van der Waals surface area contributed by atoms with Crippen LogP contribution in [-0.4, -0.2) is 11.6 Å². The van der Waals surface area contributed by atoms with E-state index >= 15 is 0 Å². The fraction of sp³-hybridized carbons (Fsp3) is 0.200. The second-order valence-corrected chi connectivity index (χ2v) is 3.12. The van der Waals surface area contributed by atoms with Crippen LogP contribution in [0.2, 0.25) is 0 Å². The van der Waals surface area contributed by atoms with Crippen LogP contribution >= 0.6 is 0 Å². The molecule has 4 heteroatoms. The quantitative estimate of drug-likeness (QED) is 0.680. The molecule has 75 valence electrons. The molecule has 0 aromatic heterocycles. The minimum Gasteiger partial charge on any atom is -0.472 e. The Kier molecular flexibility index (Phi) is 3.09. The molecule has 0 spiro atoms. The van der Waals surface area contributed by atoms with Gasteiger partial charge in [-0.15, -0.1) is 0 Å². The Morgan fingerprint density at radius 1 is 1.43 bits per heavy atom. The van der Waals surface area contributed by atoms with Gasteiger partial charge >= 0.3 is 0 Å². The summed E-state index contributed by atoms with van der Waals surface area (Å²) >= 11 is 0. The summed E-state index contributed by atoms with van der Waals surface area (Å²) in [7, 11) is 0. The van der Waals surface area contributed by atoms with Gasteiger partial charge in [0, 0.05) is 6.92 Å². The van der Waals surface area contributed by atoms with Crippen LogP contribution < -0.4 is 16.2 Å². The molecule has 14 heavy (non-hydrogen) atoms. The van der Waals surface area contributed by atoms with E-state index in [2.05, 4.69) is 6.92 Å². The van der Waals surface area contributed by atoms with E-state index in [4.69, 9.17) is 16.2 Å². The van der Waals surface area contributed by atoms with Crippen LogP contribution in [0.25, 0.3) is 0 Å². The summed E-state index contributed by atoms with van der Waals surface area (Å²) in [6, 6.07) is 8.91. The standard InChI is InChI=1S/C10H13N2O2/c1-10(12,7-9(11)13)14-8-5-3-2-4-6-8/h2-6H,1,7,12H2,(H2,11,13). The zero-order chi connectivity index (χ0) is 10.6. The zero-order valence-electron chi connectivity index (χ0n) is 7.77. The number of hydrogen-bond acceptors (Lipinski definition) is 3. The van der Waals surface area contributed by atoms with Crippen LogP contribution in [0.1, 0.15) is 6.42 Å². The fourth-order valence-corrected chi connectivity index (χ4v) is 1.05. The summed E-state index contributed by atoms with van der Waals surface area (Å²) < 4.78 is 5.28. The third-order valence-electron chi connectivity index (χ3n) is 1.54. The van der Waals surface area contributed by atoms with Crippen molar-refractivity contribution >= 4 is 5.91 Å². The highest BCUT2D eigenvalue weighted by Crippen LogP contribution is 2.15. The third kappa shape index (κ3) is 3.45. The van der Waals surface area contributed by atoms with Crippen LogP contribution in [0.4, 0.5) is 0 Å². The molecule has 0 heterocycles. The smallest absolute Gasteiger partial charge is 0.222 e. The van der Waals surface area contributed by atoms with Crippen LogP contribution in [0.5, 0.6) is 5.75 Å². The molecule has 4 N–H and O–H groups in total. The van der Waals surface area contributed by atoms with Crippen molar-refractivity contribution in [3.05, 3.63) is 37.3 Å². The molecule has 1 amide bonds. The highest BCUT2D eigenvalue weighted by atomic mass is 16.5. The average Bonchev–Trinajstić information content (AvgIpc) is 2.02. The number of carbonyl (C=O) groups is 1. The molecule has 1 aromatic carbocycles. The molecule has 0 bridgehead atoms. The summed E-state index contributed by atoms with van der Waals surface area (Å²) in [6.07, 6.45) is -0.123. The highest BCUT2D eigenvalue weighted by Gasteiger charge is 2.23. The number of ether oxygens (including phenoxy) is 1. The number of amides is 1. The largest absolute Gasteiger partial charge is 0.472 e. The van der Waals surface area contributed by atoms with E-state index in [1.54, 1.807) is 24.3 Å². The Morgan fingerprint density at radius 2 is 2.00 bits per heavy atom. The Labute approximate surface area is 82.8 Å². The summed E-state index contributed by atoms with van der Waals surface area (Å²) in [4.78, 5) is 10.6. The maximum atomic E-state index is 10.6. The van der Waals surface area contributed by atoms with Crippen molar-refractivity contribution in [1.29, 1.82) is 0 Å². The van der Waals surface area contributed by atoms with Gasteiger partial charge in [0.15, 0.2) is 5.72 Å². The number of para-hydroxylation sites is 1. The second kappa shape index (κ2) is 4.11. The molecule has 4 nitrogen and oxygen atoms in total. The first-order chi connectivity index (χ1) is 6.49. The van der Waals surface area contributed by atoms with Crippen molar-refractivity contribution in [3.63, 3.8) is 0 Å². The first-order valence-electron chi connectivity index (χ1n) is 4.16. The molecule has 1 rings (SSSR count). The van der Waals surface area contributed by atoms with Gasteiger partial charge in [-0.2, -0.15) is 0 Å². The SMILES string of the molecule is [CH2]C(N)(CC(N)=O)Oc1ccccc1. The lowest BCUT2D eigenvalue weighted by atomic mass is 10.2. The van der Waals surface area contributed by atoms with Crippen molar-refractivity contribution < 1.29 is 9.53 Å². The average molecular weight is 193 g/mol. The van der Waals surface area contributed by atoms with Gasteiger partial charge < -0.3 is 10.5 Å². The van der Waals surface area contributed by atoms with E-state index in [0.29, 0.717) is 5.75 Å².